The van der Waals surface area contributed by atoms with Crippen LogP contribution in [0.15, 0.2) is 138 Å². The first kappa shape index (κ1) is 27.7. The minimum absolute atomic E-state index is 0.494. The van der Waals surface area contributed by atoms with Crippen molar-refractivity contribution in [3.05, 3.63) is 161 Å². The van der Waals surface area contributed by atoms with Gasteiger partial charge in [0.05, 0.1) is 16.4 Å². The Morgan fingerprint density at radius 1 is 0.500 bits per heavy atom. The molecule has 2 heterocycles. The molecule has 4 aliphatic rings. The lowest BCUT2D eigenvalue weighted by Gasteiger charge is -2.59. The highest BCUT2D eigenvalue weighted by molar-refractivity contribution is 6.23. The predicted molar refractivity (Wildman–Crippen MR) is 205 cm³/mol. The van der Waals surface area contributed by atoms with Crippen LogP contribution in [0, 0.1) is 11.8 Å². The van der Waals surface area contributed by atoms with Gasteiger partial charge in [-0.25, -0.2) is 0 Å². The predicted octanol–water partition coefficient (Wildman–Crippen LogP) is 12.7. The summed E-state index contributed by atoms with van der Waals surface area (Å²) < 4.78 is 9.17. The Morgan fingerprint density at radius 2 is 1.10 bits per heavy atom. The third-order valence-electron chi connectivity index (χ3n) is 13.8. The topological polar surface area (TPSA) is 18.1 Å². The van der Waals surface area contributed by atoms with Gasteiger partial charge in [0.15, 0.2) is 0 Å². The molecule has 0 bridgehead atoms. The Morgan fingerprint density at radius 3 is 1.82 bits per heavy atom. The zero-order valence-electron chi connectivity index (χ0n) is 28.1. The average molecular weight is 646 g/mol. The van der Waals surface area contributed by atoms with Gasteiger partial charge in [-0.15, -0.1) is 0 Å². The summed E-state index contributed by atoms with van der Waals surface area (Å²) in [6.45, 7) is 0. The molecule has 2 heteroatoms. The fourth-order valence-corrected chi connectivity index (χ4v) is 12.1. The maximum Gasteiger partial charge on any atom is 0.145 e. The van der Waals surface area contributed by atoms with E-state index in [0.717, 1.165) is 23.0 Å². The molecule has 12 rings (SSSR count). The van der Waals surface area contributed by atoms with Crippen molar-refractivity contribution in [2.75, 3.05) is 0 Å². The number of para-hydroxylation sites is 2. The minimum atomic E-state index is 0.494. The van der Waals surface area contributed by atoms with Gasteiger partial charge in [-0.1, -0.05) is 97.4 Å². The Labute approximate surface area is 292 Å². The Balaban J connectivity index is 1.08. The van der Waals surface area contributed by atoms with Crippen LogP contribution in [0.3, 0.4) is 0 Å². The van der Waals surface area contributed by atoms with Gasteiger partial charge >= 0.3 is 0 Å². The van der Waals surface area contributed by atoms with E-state index < -0.39 is 0 Å². The number of fused-ring (bicyclic) bond motifs is 13. The second-order valence-electron chi connectivity index (χ2n) is 15.8. The Bertz CT molecular complexity index is 2580. The number of rotatable bonds is 2. The summed E-state index contributed by atoms with van der Waals surface area (Å²) in [5.74, 6) is 4.65. The van der Waals surface area contributed by atoms with Crippen LogP contribution < -0.4 is 0 Å². The number of benzene rings is 6. The maximum absolute atomic E-state index is 6.73. The smallest absolute Gasteiger partial charge is 0.145 e. The summed E-state index contributed by atoms with van der Waals surface area (Å²) in [5, 5.41) is 4.91. The zero-order valence-corrected chi connectivity index (χ0v) is 28.1. The first-order chi connectivity index (χ1) is 24.8. The molecule has 0 N–H and O–H groups in total. The van der Waals surface area contributed by atoms with Crippen LogP contribution in [-0.4, -0.2) is 4.57 Å². The highest BCUT2D eigenvalue weighted by Crippen LogP contribution is 2.68. The summed E-state index contributed by atoms with van der Waals surface area (Å²) in [6, 6.07) is 50.6. The molecule has 4 unspecified atom stereocenters. The zero-order chi connectivity index (χ0) is 32.5. The van der Waals surface area contributed by atoms with E-state index in [1.165, 1.54) is 75.9 Å². The SMILES string of the molecule is c1ccc(-n2c3ccc(C4CC5c6ccccc6C6CCCC7c8ccccc8C(C4)C5C67)cc3c3c4oc5ccccc5c4ccc32)cc1. The van der Waals surface area contributed by atoms with Crippen molar-refractivity contribution in [3.8, 4) is 5.69 Å². The molecule has 50 heavy (non-hydrogen) atoms. The fraction of sp³-hybridized carbons (Fsp3) is 0.250. The molecule has 2 fully saturated rings. The largest absolute Gasteiger partial charge is 0.455 e. The molecule has 242 valence electrons. The molecule has 4 aliphatic carbocycles. The van der Waals surface area contributed by atoms with Crippen molar-refractivity contribution in [1.82, 2.24) is 4.57 Å². The summed E-state index contributed by atoms with van der Waals surface area (Å²) in [7, 11) is 0. The molecular formula is C48H39NO. The van der Waals surface area contributed by atoms with E-state index >= 15 is 0 Å². The van der Waals surface area contributed by atoms with E-state index in [1.54, 1.807) is 22.3 Å². The third kappa shape index (κ3) is 3.64. The van der Waals surface area contributed by atoms with Crippen molar-refractivity contribution in [3.63, 3.8) is 0 Å². The minimum Gasteiger partial charge on any atom is -0.455 e. The monoisotopic (exact) mass is 645 g/mol. The second-order valence-corrected chi connectivity index (χ2v) is 15.8. The van der Waals surface area contributed by atoms with Crippen LogP contribution in [0.2, 0.25) is 0 Å². The standard InChI is InChI=1S/C48H39NO/c1-2-11-30(12-3-1)49-42-23-21-28(25-41(42)47-43(49)24-22-38-35-17-8-9-20-44(35)50-48(38)47)29-26-39-33-15-6-4-13-31(33)36-18-10-19-37-32-14-5-7-16-34(32)40(27-29)46(39)45(36)37/h1-9,11-17,20-25,29,36-37,39-40,45-46H,10,18-19,26-27H2. The van der Waals surface area contributed by atoms with E-state index in [1.807, 2.05) is 0 Å². The van der Waals surface area contributed by atoms with Crippen molar-refractivity contribution >= 4 is 43.7 Å². The highest BCUT2D eigenvalue weighted by Gasteiger charge is 2.56. The number of hydrogen-bond donors (Lipinski definition) is 0. The van der Waals surface area contributed by atoms with Crippen molar-refractivity contribution in [2.45, 2.75) is 61.7 Å². The average Bonchev–Trinajstić information content (AvgIpc) is 3.73. The number of hydrogen-bond acceptors (Lipinski definition) is 1. The normalized spacial score (nSPS) is 26.6. The molecule has 0 aliphatic heterocycles. The first-order valence-corrected chi connectivity index (χ1v) is 18.9. The molecule has 2 saturated carbocycles. The lowest BCUT2D eigenvalue weighted by molar-refractivity contribution is 0.0671. The van der Waals surface area contributed by atoms with Gasteiger partial charge in [-0.2, -0.15) is 0 Å². The van der Waals surface area contributed by atoms with E-state index in [0.29, 0.717) is 29.6 Å². The Kier molecular flexibility index (Phi) is 5.67. The van der Waals surface area contributed by atoms with E-state index in [2.05, 4.69) is 138 Å². The van der Waals surface area contributed by atoms with E-state index in [-0.39, 0.29) is 0 Å². The van der Waals surface area contributed by atoms with Gasteiger partial charge in [-0.3, -0.25) is 0 Å². The van der Waals surface area contributed by atoms with Gasteiger partial charge in [0.1, 0.15) is 11.2 Å². The molecule has 2 nitrogen and oxygen atoms in total. The van der Waals surface area contributed by atoms with Gasteiger partial charge < -0.3 is 8.98 Å². The second kappa shape index (κ2) is 10.2. The van der Waals surface area contributed by atoms with Gasteiger partial charge in [-0.05, 0) is 137 Å². The van der Waals surface area contributed by atoms with Gasteiger partial charge in [0.2, 0.25) is 0 Å². The highest BCUT2D eigenvalue weighted by atomic mass is 16.3. The van der Waals surface area contributed by atoms with E-state index in [9.17, 15) is 0 Å². The van der Waals surface area contributed by atoms with Crippen LogP contribution in [0.4, 0.5) is 0 Å². The Hall–Kier alpha value is -5.08. The van der Waals surface area contributed by atoms with E-state index in [4.69, 9.17) is 4.42 Å². The molecule has 8 aromatic rings. The molecule has 0 amide bonds. The lowest BCUT2D eigenvalue weighted by atomic mass is 9.45. The molecule has 0 radical (unpaired) electrons. The molecule has 6 aromatic carbocycles. The number of furan rings is 1. The molecular weight excluding hydrogens is 607 g/mol. The van der Waals surface area contributed by atoms with Gasteiger partial charge in [0, 0.05) is 21.8 Å². The van der Waals surface area contributed by atoms with Crippen molar-refractivity contribution in [2.24, 2.45) is 11.8 Å². The summed E-state index contributed by atoms with van der Waals surface area (Å²) in [6.07, 6.45) is 6.54. The summed E-state index contributed by atoms with van der Waals surface area (Å²) in [5.41, 5.74) is 13.8. The van der Waals surface area contributed by atoms with Crippen LogP contribution in [-0.2, 0) is 0 Å². The number of aromatic nitrogens is 1. The van der Waals surface area contributed by atoms with Crippen LogP contribution in [0.25, 0.3) is 49.4 Å². The quantitative estimate of drug-likeness (QED) is 0.183. The maximum atomic E-state index is 6.73. The van der Waals surface area contributed by atoms with Crippen LogP contribution in [0.5, 0.6) is 0 Å². The first-order valence-electron chi connectivity index (χ1n) is 18.9. The van der Waals surface area contributed by atoms with Crippen molar-refractivity contribution < 1.29 is 4.42 Å². The molecule has 0 saturated heterocycles. The van der Waals surface area contributed by atoms with Crippen LogP contribution in [0.1, 0.15) is 89.5 Å². The van der Waals surface area contributed by atoms with Crippen molar-refractivity contribution in [1.29, 1.82) is 0 Å². The summed E-state index contributed by atoms with van der Waals surface area (Å²) >= 11 is 0. The van der Waals surface area contributed by atoms with Crippen LogP contribution >= 0.6 is 0 Å². The molecule has 0 spiro atoms. The number of nitrogens with zero attached hydrogens (tertiary/aromatic N) is 1. The molecule has 4 atom stereocenters. The van der Waals surface area contributed by atoms with Gasteiger partial charge in [0.25, 0.3) is 0 Å². The fourth-order valence-electron chi connectivity index (χ4n) is 12.1. The third-order valence-corrected chi connectivity index (χ3v) is 13.8. The molecule has 2 aromatic heterocycles. The lowest BCUT2D eigenvalue weighted by Crippen LogP contribution is -2.47. The summed E-state index contributed by atoms with van der Waals surface area (Å²) in [4.78, 5) is 0.